The predicted molar refractivity (Wildman–Crippen MR) is 76.2 cm³/mol. The van der Waals surface area contributed by atoms with Crippen molar-refractivity contribution < 1.29 is 14.3 Å². The zero-order chi connectivity index (χ0) is 14.2. The molecule has 0 rings (SSSR count). The van der Waals surface area contributed by atoms with Crippen LogP contribution in [-0.4, -0.2) is 37.7 Å². The summed E-state index contributed by atoms with van der Waals surface area (Å²) in [5.41, 5.74) is -0.0377. The number of rotatable bonds is 8. The van der Waals surface area contributed by atoms with Gasteiger partial charge in [-0.3, -0.25) is 9.69 Å². The third-order valence-electron chi connectivity index (χ3n) is 4.08. The van der Waals surface area contributed by atoms with E-state index in [1.807, 2.05) is 13.8 Å². The highest BCUT2D eigenvalue weighted by Crippen LogP contribution is 2.26. The van der Waals surface area contributed by atoms with Gasteiger partial charge in [-0.15, -0.1) is 0 Å². The zero-order valence-electron chi connectivity index (χ0n) is 12.4. The molecule has 0 radical (unpaired) electrons. The molecule has 0 heterocycles. The van der Waals surface area contributed by atoms with Crippen molar-refractivity contribution in [3.05, 3.63) is 0 Å². The molecule has 1 unspecified atom stereocenters. The highest BCUT2D eigenvalue weighted by molar-refractivity contribution is 6.80. The Morgan fingerprint density at radius 3 is 2.06 bits per heavy atom. The van der Waals surface area contributed by atoms with E-state index < -0.39 is 14.2 Å². The van der Waals surface area contributed by atoms with Crippen LogP contribution in [0.25, 0.3) is 0 Å². The third-order valence-corrected chi connectivity index (χ3v) is 10.1. The lowest BCUT2D eigenvalue weighted by atomic mass is 10.4. The van der Waals surface area contributed by atoms with Crippen LogP contribution in [0.15, 0.2) is 0 Å². The average molecular weight is 273 g/mol. The monoisotopic (exact) mass is 273 g/mol. The first-order valence-corrected chi connectivity index (χ1v) is 9.63. The number of hydrogen-bond acceptors (Lipinski definition) is 3. The first-order chi connectivity index (χ1) is 8.51. The topological polar surface area (TPSA) is 46.6 Å². The Balaban J connectivity index is 4.66. The zero-order valence-corrected chi connectivity index (χ0v) is 13.4. The molecular weight excluding hydrogens is 246 g/mol. The van der Waals surface area contributed by atoms with E-state index in [1.165, 1.54) is 0 Å². The third kappa shape index (κ3) is 4.12. The normalized spacial score (nSPS) is 12.9. The summed E-state index contributed by atoms with van der Waals surface area (Å²) in [6.45, 7) is 10.9. The molecule has 0 fully saturated rings. The van der Waals surface area contributed by atoms with E-state index in [0.29, 0.717) is 13.0 Å². The second-order valence-corrected chi connectivity index (χ2v) is 10.4. The van der Waals surface area contributed by atoms with Gasteiger partial charge in [0, 0.05) is 6.54 Å². The second kappa shape index (κ2) is 8.29. The molecule has 0 saturated carbocycles. The van der Waals surface area contributed by atoms with E-state index >= 15 is 0 Å². The van der Waals surface area contributed by atoms with Crippen molar-refractivity contribution in [2.45, 2.75) is 64.9 Å². The Hall–Kier alpha value is -0.843. The number of ether oxygens (including phenoxy) is 1. The van der Waals surface area contributed by atoms with Gasteiger partial charge in [-0.2, -0.15) is 0 Å². The molecule has 18 heavy (non-hydrogen) atoms. The Bertz CT molecular complexity index is 259. The van der Waals surface area contributed by atoms with E-state index in [0.717, 1.165) is 29.5 Å². The summed E-state index contributed by atoms with van der Waals surface area (Å²) < 4.78 is 5.51. The molecule has 1 atom stereocenters. The van der Waals surface area contributed by atoms with Gasteiger partial charge < -0.3 is 4.74 Å². The summed E-state index contributed by atoms with van der Waals surface area (Å²) in [7, 11) is -1.55. The fraction of sp³-hybridized carbons (Fsp3) is 0.846. The van der Waals surface area contributed by atoms with Crippen molar-refractivity contribution in [3.8, 4) is 0 Å². The predicted octanol–water partition coefficient (Wildman–Crippen LogP) is 3.43. The Kier molecular flexibility index (Phi) is 7.90. The van der Waals surface area contributed by atoms with Crippen LogP contribution in [0.1, 0.15) is 41.0 Å². The van der Waals surface area contributed by atoms with Crippen LogP contribution in [0.5, 0.6) is 0 Å². The molecule has 0 aliphatic rings. The lowest BCUT2D eigenvalue weighted by Crippen LogP contribution is -2.48. The Morgan fingerprint density at radius 2 is 1.72 bits per heavy atom. The summed E-state index contributed by atoms with van der Waals surface area (Å²) in [5, 5.41) is 0. The van der Waals surface area contributed by atoms with E-state index in [-0.39, 0.29) is 5.73 Å². The van der Waals surface area contributed by atoms with Crippen LogP contribution in [0.4, 0.5) is 4.79 Å². The summed E-state index contributed by atoms with van der Waals surface area (Å²) in [5.74, 6) is 0. The molecule has 0 spiro atoms. The van der Waals surface area contributed by atoms with Gasteiger partial charge in [0.2, 0.25) is 6.41 Å². The van der Waals surface area contributed by atoms with Crippen molar-refractivity contribution in [1.29, 1.82) is 0 Å². The van der Waals surface area contributed by atoms with Gasteiger partial charge in [0.15, 0.2) is 0 Å². The second-order valence-electron chi connectivity index (χ2n) is 4.75. The van der Waals surface area contributed by atoms with Gasteiger partial charge >= 0.3 is 6.09 Å². The van der Waals surface area contributed by atoms with Gasteiger partial charge in [-0.05, 0) is 13.3 Å². The first kappa shape index (κ1) is 17.2. The molecule has 0 aromatic heterocycles. The van der Waals surface area contributed by atoms with Gasteiger partial charge in [0.05, 0.1) is 5.73 Å². The number of carbonyl (C=O) groups is 2. The number of carbonyl (C=O) groups excluding carboxylic acids is 2. The van der Waals surface area contributed by atoms with Gasteiger partial charge in [0.25, 0.3) is 0 Å². The molecule has 0 saturated heterocycles. The molecule has 0 aromatic rings. The number of nitrogens with zero attached hydrogens (tertiary/aromatic N) is 1. The van der Waals surface area contributed by atoms with Gasteiger partial charge in [-0.1, -0.05) is 45.8 Å². The SMILES string of the molecule is CCCN(C=O)C(=O)OC(C)[Si](CC)(CC)CC. The van der Waals surface area contributed by atoms with Crippen LogP contribution < -0.4 is 0 Å². The van der Waals surface area contributed by atoms with Crippen LogP contribution in [-0.2, 0) is 9.53 Å². The minimum Gasteiger partial charge on any atom is -0.450 e. The Labute approximate surface area is 112 Å². The van der Waals surface area contributed by atoms with E-state index in [4.69, 9.17) is 4.74 Å². The molecule has 4 nitrogen and oxygen atoms in total. The first-order valence-electron chi connectivity index (χ1n) is 6.93. The van der Waals surface area contributed by atoms with E-state index in [9.17, 15) is 9.59 Å². The molecule has 0 aliphatic heterocycles. The quantitative estimate of drug-likeness (QED) is 0.503. The fourth-order valence-electron chi connectivity index (χ4n) is 2.38. The molecule has 0 aliphatic carbocycles. The highest BCUT2D eigenvalue weighted by Gasteiger charge is 2.36. The maximum atomic E-state index is 11.9. The number of amides is 2. The van der Waals surface area contributed by atoms with Crippen LogP contribution in [0.2, 0.25) is 18.1 Å². The molecule has 0 N–H and O–H groups in total. The van der Waals surface area contributed by atoms with E-state index in [2.05, 4.69) is 20.8 Å². The standard InChI is InChI=1S/C13H27NO3Si/c1-6-10-14(11-15)13(16)17-12(5)18(7-2,8-3)9-4/h11-12H,6-10H2,1-5H3. The fourth-order valence-corrected chi connectivity index (χ4v) is 5.96. The largest absolute Gasteiger partial charge is 0.450 e. The molecule has 0 aromatic carbocycles. The maximum absolute atomic E-state index is 11.9. The minimum absolute atomic E-state index is 0.0377. The number of hydrogen-bond donors (Lipinski definition) is 0. The summed E-state index contributed by atoms with van der Waals surface area (Å²) >= 11 is 0. The molecule has 5 heteroatoms. The van der Waals surface area contributed by atoms with Crippen molar-refractivity contribution in [2.75, 3.05) is 6.54 Å². The average Bonchev–Trinajstić information content (AvgIpc) is 2.38. The van der Waals surface area contributed by atoms with Crippen molar-refractivity contribution >= 4 is 20.6 Å². The molecule has 0 bridgehead atoms. The van der Waals surface area contributed by atoms with Crippen molar-refractivity contribution in [2.24, 2.45) is 0 Å². The lowest BCUT2D eigenvalue weighted by Gasteiger charge is -2.34. The number of imide groups is 1. The lowest BCUT2D eigenvalue weighted by molar-refractivity contribution is -0.116. The summed E-state index contributed by atoms with van der Waals surface area (Å²) in [6.07, 6.45) is 0.817. The highest BCUT2D eigenvalue weighted by atomic mass is 28.3. The maximum Gasteiger partial charge on any atom is 0.416 e. The van der Waals surface area contributed by atoms with Gasteiger partial charge in [-0.25, -0.2) is 4.79 Å². The summed E-state index contributed by atoms with van der Waals surface area (Å²) in [4.78, 5) is 23.8. The smallest absolute Gasteiger partial charge is 0.416 e. The molecule has 2 amide bonds. The van der Waals surface area contributed by atoms with Crippen molar-refractivity contribution in [1.82, 2.24) is 4.90 Å². The summed E-state index contributed by atoms with van der Waals surface area (Å²) in [6, 6.07) is 3.30. The van der Waals surface area contributed by atoms with E-state index in [1.54, 1.807) is 0 Å². The molecule has 106 valence electrons. The van der Waals surface area contributed by atoms with Gasteiger partial charge in [0.1, 0.15) is 8.07 Å². The van der Waals surface area contributed by atoms with Crippen molar-refractivity contribution in [3.63, 3.8) is 0 Å². The van der Waals surface area contributed by atoms with Crippen LogP contribution >= 0.6 is 0 Å². The van der Waals surface area contributed by atoms with Crippen LogP contribution in [0, 0.1) is 0 Å². The molecular formula is C13H27NO3Si. The minimum atomic E-state index is -1.55. The Morgan fingerprint density at radius 1 is 1.22 bits per heavy atom. The van der Waals surface area contributed by atoms with Crippen LogP contribution in [0.3, 0.4) is 0 Å².